The zero-order valence-electron chi connectivity index (χ0n) is 18.1. The van der Waals surface area contributed by atoms with E-state index in [1.54, 1.807) is 11.3 Å². The lowest BCUT2D eigenvalue weighted by atomic mass is 9.97. The fourth-order valence-electron chi connectivity index (χ4n) is 4.15. The van der Waals surface area contributed by atoms with Gasteiger partial charge in [-0.15, -0.1) is 11.3 Å². The number of thiophene rings is 1. The van der Waals surface area contributed by atoms with Crippen molar-refractivity contribution in [3.63, 3.8) is 0 Å². The van der Waals surface area contributed by atoms with Crippen LogP contribution in [0.5, 0.6) is 0 Å². The Bertz CT molecular complexity index is 844. The first kappa shape index (κ1) is 21.6. The Kier molecular flexibility index (Phi) is 7.43. The molecule has 1 unspecified atom stereocenters. The highest BCUT2D eigenvalue weighted by atomic mass is 32.1. The van der Waals surface area contributed by atoms with E-state index in [9.17, 15) is 4.79 Å². The molecule has 0 bridgehead atoms. The number of aliphatic imine (C=N–C) groups is 1. The number of morpholine rings is 1. The predicted molar refractivity (Wildman–Crippen MR) is 126 cm³/mol. The molecule has 0 spiro atoms. The SMILES string of the molecule is CN=C(NCC(C(=O)N1CCOCC1)c1ccccc1)N1CCN(c2cccs2)CC1. The van der Waals surface area contributed by atoms with E-state index in [-0.39, 0.29) is 11.8 Å². The van der Waals surface area contributed by atoms with Gasteiger partial charge in [0.2, 0.25) is 5.91 Å². The predicted octanol–water partition coefficient (Wildman–Crippen LogP) is 2.09. The molecule has 0 saturated carbocycles. The number of nitrogens with zero attached hydrogens (tertiary/aromatic N) is 4. The summed E-state index contributed by atoms with van der Waals surface area (Å²) in [6.45, 7) is 6.80. The van der Waals surface area contributed by atoms with Crippen LogP contribution in [0.3, 0.4) is 0 Å². The second-order valence-electron chi connectivity index (χ2n) is 7.75. The van der Waals surface area contributed by atoms with Crippen molar-refractivity contribution < 1.29 is 9.53 Å². The molecule has 1 N–H and O–H groups in total. The van der Waals surface area contributed by atoms with Gasteiger partial charge in [-0.25, -0.2) is 0 Å². The Morgan fingerprint density at radius 3 is 2.42 bits per heavy atom. The number of carbonyl (C=O) groups excluding carboxylic acids is 1. The molecule has 8 heteroatoms. The Labute approximate surface area is 188 Å². The molecule has 4 rings (SSSR count). The fraction of sp³-hybridized carbons (Fsp3) is 0.478. The highest BCUT2D eigenvalue weighted by Gasteiger charge is 2.28. The largest absolute Gasteiger partial charge is 0.378 e. The van der Waals surface area contributed by atoms with Gasteiger partial charge in [0.05, 0.1) is 24.1 Å². The molecule has 1 aromatic carbocycles. The Hall–Kier alpha value is -2.58. The maximum Gasteiger partial charge on any atom is 0.232 e. The van der Waals surface area contributed by atoms with Crippen molar-refractivity contribution >= 4 is 28.2 Å². The molecule has 2 aliphatic rings. The number of guanidine groups is 1. The maximum atomic E-state index is 13.3. The van der Waals surface area contributed by atoms with E-state index in [1.807, 2.05) is 42.3 Å². The summed E-state index contributed by atoms with van der Waals surface area (Å²) in [7, 11) is 1.81. The first-order valence-electron chi connectivity index (χ1n) is 10.9. The summed E-state index contributed by atoms with van der Waals surface area (Å²) in [5.74, 6) is 0.768. The number of piperazine rings is 1. The minimum atomic E-state index is -0.247. The number of hydrogen-bond acceptors (Lipinski definition) is 5. The van der Waals surface area contributed by atoms with Crippen molar-refractivity contribution in [1.82, 2.24) is 15.1 Å². The number of carbonyl (C=O) groups is 1. The number of anilines is 1. The van der Waals surface area contributed by atoms with Gasteiger partial charge in [0, 0.05) is 52.9 Å². The second kappa shape index (κ2) is 10.6. The Balaban J connectivity index is 1.39. The van der Waals surface area contributed by atoms with Gasteiger partial charge in [-0.2, -0.15) is 0 Å². The van der Waals surface area contributed by atoms with Crippen molar-refractivity contribution in [2.75, 3.05) is 71.0 Å². The van der Waals surface area contributed by atoms with Crippen LogP contribution in [0, 0.1) is 0 Å². The normalized spacial score (nSPS) is 18.7. The van der Waals surface area contributed by atoms with Gasteiger partial charge in [0.1, 0.15) is 0 Å². The van der Waals surface area contributed by atoms with Crippen LogP contribution in [0.2, 0.25) is 0 Å². The van der Waals surface area contributed by atoms with Crippen LogP contribution in [0.4, 0.5) is 5.00 Å². The van der Waals surface area contributed by atoms with Gasteiger partial charge in [-0.3, -0.25) is 9.79 Å². The number of rotatable bonds is 5. The molecule has 1 atom stereocenters. The third-order valence-corrected chi connectivity index (χ3v) is 6.82. The third-order valence-electron chi connectivity index (χ3n) is 5.90. The minimum Gasteiger partial charge on any atom is -0.378 e. The van der Waals surface area contributed by atoms with Crippen molar-refractivity contribution in [3.05, 3.63) is 53.4 Å². The lowest BCUT2D eigenvalue weighted by molar-refractivity contribution is -0.136. The lowest BCUT2D eigenvalue weighted by Crippen LogP contribution is -2.53. The van der Waals surface area contributed by atoms with E-state index in [2.05, 4.69) is 37.6 Å². The molecule has 7 nitrogen and oxygen atoms in total. The number of ether oxygens (including phenoxy) is 1. The molecule has 31 heavy (non-hydrogen) atoms. The van der Waals surface area contributed by atoms with Gasteiger partial charge in [0.25, 0.3) is 0 Å². The number of nitrogens with one attached hydrogen (secondary N) is 1. The van der Waals surface area contributed by atoms with Crippen molar-refractivity contribution in [2.45, 2.75) is 5.92 Å². The number of hydrogen-bond donors (Lipinski definition) is 1. The van der Waals surface area contributed by atoms with Crippen LogP contribution < -0.4 is 10.2 Å². The van der Waals surface area contributed by atoms with E-state index in [0.29, 0.717) is 32.8 Å². The molecule has 2 fully saturated rings. The Morgan fingerprint density at radius 1 is 1.03 bits per heavy atom. The summed E-state index contributed by atoms with van der Waals surface area (Å²) in [4.78, 5) is 24.5. The summed E-state index contributed by atoms with van der Waals surface area (Å²) in [5, 5.41) is 6.93. The van der Waals surface area contributed by atoms with E-state index in [4.69, 9.17) is 4.74 Å². The highest BCUT2D eigenvalue weighted by molar-refractivity contribution is 7.14. The first-order valence-corrected chi connectivity index (χ1v) is 11.8. The van der Waals surface area contributed by atoms with Crippen molar-refractivity contribution in [1.29, 1.82) is 0 Å². The van der Waals surface area contributed by atoms with Gasteiger partial charge >= 0.3 is 0 Å². The van der Waals surface area contributed by atoms with Gasteiger partial charge in [0.15, 0.2) is 5.96 Å². The molecular weight excluding hydrogens is 410 g/mol. The highest BCUT2D eigenvalue weighted by Crippen LogP contribution is 2.23. The number of benzene rings is 1. The molecule has 2 saturated heterocycles. The molecule has 0 radical (unpaired) electrons. The van der Waals surface area contributed by atoms with Crippen LogP contribution in [0.1, 0.15) is 11.5 Å². The number of amides is 1. The first-order chi connectivity index (χ1) is 15.3. The van der Waals surface area contributed by atoms with Gasteiger partial charge in [-0.05, 0) is 23.1 Å². The standard InChI is InChI=1S/C23H31N5O2S/c1-24-23(28-11-9-26(10-12-28)21-8-5-17-31-21)25-18-20(19-6-3-2-4-7-19)22(29)27-13-15-30-16-14-27/h2-8,17,20H,9-16,18H2,1H3,(H,24,25). The van der Waals surface area contributed by atoms with Crippen LogP contribution in [-0.2, 0) is 9.53 Å². The molecule has 3 heterocycles. The summed E-state index contributed by atoms with van der Waals surface area (Å²) in [5.41, 5.74) is 1.03. The topological polar surface area (TPSA) is 60.4 Å². The van der Waals surface area contributed by atoms with E-state index in [0.717, 1.165) is 37.7 Å². The third kappa shape index (κ3) is 5.37. The summed E-state index contributed by atoms with van der Waals surface area (Å²) >= 11 is 1.78. The maximum absolute atomic E-state index is 13.3. The Morgan fingerprint density at radius 2 is 1.77 bits per heavy atom. The average molecular weight is 442 g/mol. The van der Waals surface area contributed by atoms with Crippen molar-refractivity contribution in [2.24, 2.45) is 4.99 Å². The van der Waals surface area contributed by atoms with E-state index >= 15 is 0 Å². The fourth-order valence-corrected chi connectivity index (χ4v) is 4.94. The van der Waals surface area contributed by atoms with Crippen LogP contribution in [0.15, 0.2) is 52.8 Å². The van der Waals surface area contributed by atoms with Crippen LogP contribution >= 0.6 is 11.3 Å². The lowest BCUT2D eigenvalue weighted by Gasteiger charge is -2.37. The zero-order chi connectivity index (χ0) is 21.5. The molecule has 0 aliphatic carbocycles. The minimum absolute atomic E-state index is 0.153. The second-order valence-corrected chi connectivity index (χ2v) is 8.68. The molecule has 166 valence electrons. The smallest absolute Gasteiger partial charge is 0.232 e. The van der Waals surface area contributed by atoms with E-state index < -0.39 is 0 Å². The average Bonchev–Trinajstić information content (AvgIpc) is 3.38. The summed E-state index contributed by atoms with van der Waals surface area (Å²) in [6, 6.07) is 14.3. The quantitative estimate of drug-likeness (QED) is 0.569. The summed E-state index contributed by atoms with van der Waals surface area (Å²) < 4.78 is 5.43. The molecule has 1 aromatic heterocycles. The molecule has 1 amide bonds. The van der Waals surface area contributed by atoms with Gasteiger partial charge < -0.3 is 24.8 Å². The van der Waals surface area contributed by atoms with E-state index in [1.165, 1.54) is 5.00 Å². The van der Waals surface area contributed by atoms with Crippen LogP contribution in [0.25, 0.3) is 0 Å². The molecule has 2 aliphatic heterocycles. The zero-order valence-corrected chi connectivity index (χ0v) is 18.9. The van der Waals surface area contributed by atoms with Gasteiger partial charge in [-0.1, -0.05) is 30.3 Å². The molecule has 2 aromatic rings. The summed E-state index contributed by atoms with van der Waals surface area (Å²) in [6.07, 6.45) is 0. The monoisotopic (exact) mass is 441 g/mol. The van der Waals surface area contributed by atoms with Crippen molar-refractivity contribution in [3.8, 4) is 0 Å². The van der Waals surface area contributed by atoms with Crippen LogP contribution in [-0.4, -0.2) is 87.7 Å². The molecular formula is C23H31N5O2S.